The second kappa shape index (κ2) is 5.03. The van der Waals surface area contributed by atoms with Crippen molar-refractivity contribution >= 4 is 11.6 Å². The van der Waals surface area contributed by atoms with E-state index < -0.39 is 11.7 Å². The first kappa shape index (κ1) is 14.4. The molecule has 2 heterocycles. The highest BCUT2D eigenvalue weighted by molar-refractivity contribution is 6.30. The minimum Gasteiger partial charge on any atom is -0.326 e. The van der Waals surface area contributed by atoms with Crippen molar-refractivity contribution in [1.29, 1.82) is 0 Å². The standard InChI is InChI=1S/C14H13ClF3N3/c15-12-11-6-5-8(19)7-21(11)13(20-12)9-3-1-2-4-10(9)14(16,17)18/h1-4,8H,5-7,19H2. The molecule has 0 bridgehead atoms. The van der Waals surface area contributed by atoms with Gasteiger partial charge in [0.05, 0.1) is 11.3 Å². The number of halogens is 4. The fourth-order valence-corrected chi connectivity index (χ4v) is 2.95. The third-order valence-corrected chi connectivity index (χ3v) is 3.97. The topological polar surface area (TPSA) is 43.8 Å². The maximum absolute atomic E-state index is 13.2. The lowest BCUT2D eigenvalue weighted by Gasteiger charge is -2.23. The molecule has 112 valence electrons. The molecular formula is C14H13ClF3N3. The van der Waals surface area contributed by atoms with Gasteiger partial charge in [0.15, 0.2) is 5.15 Å². The van der Waals surface area contributed by atoms with Gasteiger partial charge in [0.25, 0.3) is 0 Å². The fourth-order valence-electron chi connectivity index (χ4n) is 2.67. The summed E-state index contributed by atoms with van der Waals surface area (Å²) < 4.78 is 41.2. The van der Waals surface area contributed by atoms with Crippen LogP contribution in [0.3, 0.4) is 0 Å². The van der Waals surface area contributed by atoms with Gasteiger partial charge in [-0.05, 0) is 18.9 Å². The summed E-state index contributed by atoms with van der Waals surface area (Å²) in [5, 5.41) is 0.258. The summed E-state index contributed by atoms with van der Waals surface area (Å²) in [5.41, 5.74) is 5.99. The van der Waals surface area contributed by atoms with Crippen LogP contribution < -0.4 is 5.73 Å². The molecule has 0 saturated carbocycles. The van der Waals surface area contributed by atoms with E-state index in [2.05, 4.69) is 4.98 Å². The number of benzene rings is 1. The first-order valence-corrected chi connectivity index (χ1v) is 6.93. The van der Waals surface area contributed by atoms with Gasteiger partial charge < -0.3 is 10.3 Å². The third-order valence-electron chi connectivity index (χ3n) is 3.67. The number of nitrogens with zero attached hydrogens (tertiary/aromatic N) is 2. The Kier molecular flexibility index (Phi) is 3.45. The maximum atomic E-state index is 13.2. The molecule has 0 aliphatic carbocycles. The summed E-state index contributed by atoms with van der Waals surface area (Å²) >= 11 is 6.07. The van der Waals surface area contributed by atoms with E-state index in [4.69, 9.17) is 17.3 Å². The molecule has 1 unspecified atom stereocenters. The molecule has 1 aliphatic heterocycles. The number of hydrogen-bond acceptors (Lipinski definition) is 2. The van der Waals surface area contributed by atoms with Crippen LogP contribution in [0.5, 0.6) is 0 Å². The van der Waals surface area contributed by atoms with E-state index in [1.807, 2.05) is 0 Å². The van der Waals surface area contributed by atoms with E-state index >= 15 is 0 Å². The van der Waals surface area contributed by atoms with Crippen molar-refractivity contribution in [1.82, 2.24) is 9.55 Å². The molecule has 1 aromatic heterocycles. The Morgan fingerprint density at radius 3 is 2.71 bits per heavy atom. The molecular weight excluding hydrogens is 303 g/mol. The quantitative estimate of drug-likeness (QED) is 0.875. The van der Waals surface area contributed by atoms with E-state index in [0.29, 0.717) is 13.0 Å². The summed E-state index contributed by atoms with van der Waals surface area (Å²) in [4.78, 5) is 4.14. The Morgan fingerprint density at radius 2 is 2.00 bits per heavy atom. The second-order valence-corrected chi connectivity index (χ2v) is 5.48. The largest absolute Gasteiger partial charge is 0.417 e. The molecule has 1 aliphatic rings. The molecule has 3 nitrogen and oxygen atoms in total. The van der Waals surface area contributed by atoms with Crippen molar-refractivity contribution in [2.24, 2.45) is 5.73 Å². The first-order valence-electron chi connectivity index (χ1n) is 6.55. The molecule has 0 saturated heterocycles. The molecule has 0 spiro atoms. The smallest absolute Gasteiger partial charge is 0.326 e. The van der Waals surface area contributed by atoms with Crippen LogP contribution in [0.25, 0.3) is 11.4 Å². The van der Waals surface area contributed by atoms with Crippen LogP contribution in [0.1, 0.15) is 17.7 Å². The van der Waals surface area contributed by atoms with Gasteiger partial charge in [-0.25, -0.2) is 4.98 Å². The van der Waals surface area contributed by atoms with Crippen LogP contribution in [0.15, 0.2) is 24.3 Å². The first-order chi connectivity index (χ1) is 9.88. The zero-order valence-corrected chi connectivity index (χ0v) is 11.7. The summed E-state index contributed by atoms with van der Waals surface area (Å²) in [5.74, 6) is 0.234. The molecule has 0 radical (unpaired) electrons. The van der Waals surface area contributed by atoms with Gasteiger partial charge >= 0.3 is 6.18 Å². The molecule has 7 heteroatoms. The summed E-state index contributed by atoms with van der Waals surface area (Å²) in [7, 11) is 0. The lowest BCUT2D eigenvalue weighted by molar-refractivity contribution is -0.137. The number of aromatic nitrogens is 2. The van der Waals surface area contributed by atoms with Gasteiger partial charge in [0.2, 0.25) is 0 Å². The Morgan fingerprint density at radius 1 is 1.29 bits per heavy atom. The average Bonchev–Trinajstić information content (AvgIpc) is 2.74. The number of rotatable bonds is 1. The van der Waals surface area contributed by atoms with Crippen molar-refractivity contribution in [2.75, 3.05) is 0 Å². The van der Waals surface area contributed by atoms with Crippen LogP contribution in [-0.2, 0) is 19.1 Å². The van der Waals surface area contributed by atoms with Gasteiger partial charge in [0, 0.05) is 18.2 Å². The highest BCUT2D eigenvalue weighted by Gasteiger charge is 2.35. The molecule has 2 N–H and O–H groups in total. The predicted octanol–water partition coefficient (Wildman–Crippen LogP) is 3.50. The van der Waals surface area contributed by atoms with Gasteiger partial charge in [-0.2, -0.15) is 13.2 Å². The minimum atomic E-state index is -4.44. The van der Waals surface area contributed by atoms with Crippen molar-refractivity contribution in [2.45, 2.75) is 31.6 Å². The monoisotopic (exact) mass is 315 g/mol. The zero-order valence-electron chi connectivity index (χ0n) is 11.0. The maximum Gasteiger partial charge on any atom is 0.417 e. The van der Waals surface area contributed by atoms with Crippen molar-refractivity contribution in [3.63, 3.8) is 0 Å². The van der Waals surface area contributed by atoms with Crippen LogP contribution in [0, 0.1) is 0 Å². The Labute approximate surface area is 124 Å². The lowest BCUT2D eigenvalue weighted by atomic mass is 10.0. The van der Waals surface area contributed by atoms with Crippen molar-refractivity contribution in [3.05, 3.63) is 40.7 Å². The summed E-state index contributed by atoms with van der Waals surface area (Å²) in [6.45, 7) is 0.427. The minimum absolute atomic E-state index is 0.0345. The van der Waals surface area contributed by atoms with Crippen LogP contribution in [0.2, 0.25) is 5.15 Å². The van der Waals surface area contributed by atoms with E-state index in [9.17, 15) is 13.2 Å². The van der Waals surface area contributed by atoms with Crippen molar-refractivity contribution < 1.29 is 13.2 Å². The number of imidazole rings is 1. The Balaban J connectivity index is 2.19. The highest BCUT2D eigenvalue weighted by atomic mass is 35.5. The van der Waals surface area contributed by atoms with Gasteiger partial charge in [0.1, 0.15) is 5.82 Å². The van der Waals surface area contributed by atoms with E-state index in [-0.39, 0.29) is 22.6 Å². The predicted molar refractivity (Wildman–Crippen MR) is 74.0 cm³/mol. The summed E-state index contributed by atoms with van der Waals surface area (Å²) in [6, 6.07) is 5.28. The molecule has 0 amide bonds. The van der Waals surface area contributed by atoms with Crippen LogP contribution in [-0.4, -0.2) is 15.6 Å². The molecule has 1 atom stereocenters. The number of fused-ring (bicyclic) bond motifs is 1. The lowest BCUT2D eigenvalue weighted by Crippen LogP contribution is -2.32. The Hall–Kier alpha value is -1.53. The number of hydrogen-bond donors (Lipinski definition) is 1. The van der Waals surface area contributed by atoms with E-state index in [1.54, 1.807) is 10.6 Å². The zero-order chi connectivity index (χ0) is 15.2. The molecule has 21 heavy (non-hydrogen) atoms. The fraction of sp³-hybridized carbons (Fsp3) is 0.357. The normalized spacial score (nSPS) is 18.6. The van der Waals surface area contributed by atoms with Crippen molar-refractivity contribution in [3.8, 4) is 11.4 Å². The van der Waals surface area contributed by atoms with E-state index in [0.717, 1.165) is 18.2 Å². The molecule has 2 aromatic rings. The third kappa shape index (κ3) is 2.53. The highest BCUT2D eigenvalue weighted by Crippen LogP contribution is 2.38. The average molecular weight is 316 g/mol. The van der Waals surface area contributed by atoms with Gasteiger partial charge in [-0.15, -0.1) is 0 Å². The van der Waals surface area contributed by atoms with Crippen LogP contribution >= 0.6 is 11.6 Å². The molecule has 0 fully saturated rings. The Bertz CT molecular complexity index is 679. The van der Waals surface area contributed by atoms with E-state index in [1.165, 1.54) is 12.1 Å². The van der Waals surface area contributed by atoms with Gasteiger partial charge in [-0.3, -0.25) is 0 Å². The van der Waals surface area contributed by atoms with Gasteiger partial charge in [-0.1, -0.05) is 29.8 Å². The second-order valence-electron chi connectivity index (χ2n) is 5.13. The molecule has 3 rings (SSSR count). The molecule has 1 aromatic carbocycles. The van der Waals surface area contributed by atoms with Crippen LogP contribution in [0.4, 0.5) is 13.2 Å². The number of nitrogens with two attached hydrogens (primary N) is 1. The SMILES string of the molecule is NC1CCc2c(Cl)nc(-c3ccccc3C(F)(F)F)n2C1. The summed E-state index contributed by atoms with van der Waals surface area (Å²) in [6.07, 6.45) is -3.06. The number of alkyl halides is 3.